The number of nitrogens with one attached hydrogen (secondary N) is 2. The van der Waals surface area contributed by atoms with E-state index in [-0.39, 0.29) is 17.0 Å². The molecule has 2 aromatic heterocycles. The topological polar surface area (TPSA) is 163 Å². The van der Waals surface area contributed by atoms with E-state index in [0.29, 0.717) is 18.0 Å². The molecule has 0 aliphatic carbocycles. The molecule has 12 nitrogen and oxygen atoms in total. The number of carbonyl (C=O) groups is 3. The van der Waals surface area contributed by atoms with Gasteiger partial charge in [0.25, 0.3) is 0 Å². The van der Waals surface area contributed by atoms with Gasteiger partial charge in [-0.3, -0.25) is 5.32 Å². The highest BCUT2D eigenvalue weighted by molar-refractivity contribution is 5.97. The third kappa shape index (κ3) is 11.2. The number of nitrogens with zero attached hydrogens (tertiary/aromatic N) is 5. The number of rotatable bonds is 8. The predicted molar refractivity (Wildman–Crippen MR) is 145 cm³/mol. The van der Waals surface area contributed by atoms with Crippen LogP contribution in [0.25, 0.3) is 11.0 Å². The van der Waals surface area contributed by atoms with Gasteiger partial charge in [0.1, 0.15) is 12.1 Å². The molecule has 1 aliphatic rings. The van der Waals surface area contributed by atoms with Crippen LogP contribution >= 0.6 is 0 Å². The van der Waals surface area contributed by atoms with Crippen molar-refractivity contribution < 1.29 is 24.6 Å². The molecule has 1 fully saturated rings. The maximum absolute atomic E-state index is 12.6. The number of carbonyl (C=O) groups excluding carboxylic acids is 1. The second kappa shape index (κ2) is 13.8. The molecule has 1 aliphatic heterocycles. The normalized spacial score (nSPS) is 15.0. The summed E-state index contributed by atoms with van der Waals surface area (Å²) in [5.41, 5.74) is 0.545. The van der Waals surface area contributed by atoms with E-state index in [1.54, 1.807) is 6.20 Å². The molecular weight excluding hydrogens is 490 g/mol. The molecule has 0 atom stereocenters. The van der Waals surface area contributed by atoms with E-state index in [1.165, 1.54) is 32.0 Å². The average Bonchev–Trinajstić information content (AvgIpc) is 3.02. The Morgan fingerprint density at radius 2 is 1.55 bits per heavy atom. The molecule has 2 amide bonds. The Balaban J connectivity index is 0.000000550. The molecule has 0 unspecified atom stereocenters. The van der Waals surface area contributed by atoms with Crippen molar-refractivity contribution in [2.24, 2.45) is 5.41 Å². The number of anilines is 1. The van der Waals surface area contributed by atoms with E-state index in [9.17, 15) is 14.4 Å². The molecule has 0 radical (unpaired) electrons. The van der Waals surface area contributed by atoms with Gasteiger partial charge in [-0.15, -0.1) is 0 Å². The molecule has 3 rings (SSSR count). The number of fused-ring (bicyclic) bond motifs is 1. The first-order valence-electron chi connectivity index (χ1n) is 12.9. The Morgan fingerprint density at radius 1 is 0.947 bits per heavy atom. The van der Waals surface area contributed by atoms with E-state index >= 15 is 0 Å². The SMILES string of the molecule is CC(C)(C)CC(C)(C)NC(=O)Nc1ncnc2c1cnn2CCN1CCCCCC1.O=C(O)C=CC(=O)O. The summed E-state index contributed by atoms with van der Waals surface area (Å²) >= 11 is 0. The second-order valence-electron chi connectivity index (χ2n) is 11.3. The van der Waals surface area contributed by atoms with Crippen molar-refractivity contribution in [2.75, 3.05) is 25.0 Å². The van der Waals surface area contributed by atoms with Crippen molar-refractivity contribution in [3.63, 3.8) is 0 Å². The second-order valence-corrected chi connectivity index (χ2v) is 11.3. The Hall–Kier alpha value is -3.54. The summed E-state index contributed by atoms with van der Waals surface area (Å²) in [6, 6.07) is -0.262. The van der Waals surface area contributed by atoms with Gasteiger partial charge in [-0.2, -0.15) is 5.10 Å². The lowest BCUT2D eigenvalue weighted by atomic mass is 9.82. The quantitative estimate of drug-likeness (QED) is 0.372. The summed E-state index contributed by atoms with van der Waals surface area (Å²) in [4.78, 5) is 42.9. The van der Waals surface area contributed by atoms with Gasteiger partial charge in [0.2, 0.25) is 0 Å². The van der Waals surface area contributed by atoms with Gasteiger partial charge in [0.05, 0.1) is 18.1 Å². The molecule has 1 saturated heterocycles. The average molecular weight is 532 g/mol. The van der Waals surface area contributed by atoms with Crippen LogP contribution in [0.3, 0.4) is 0 Å². The van der Waals surface area contributed by atoms with Gasteiger partial charge in [-0.1, -0.05) is 33.6 Å². The fraction of sp³-hybridized carbons (Fsp3) is 0.615. The van der Waals surface area contributed by atoms with Crippen molar-refractivity contribution >= 4 is 34.8 Å². The number of aliphatic carboxylic acids is 2. The summed E-state index contributed by atoms with van der Waals surface area (Å²) in [7, 11) is 0. The molecule has 0 aromatic carbocycles. The smallest absolute Gasteiger partial charge is 0.328 e. The fourth-order valence-corrected chi connectivity index (χ4v) is 4.71. The van der Waals surface area contributed by atoms with E-state index in [1.807, 2.05) is 18.5 Å². The number of carboxylic acids is 2. The molecule has 4 N–H and O–H groups in total. The van der Waals surface area contributed by atoms with Gasteiger partial charge < -0.3 is 20.4 Å². The first-order valence-corrected chi connectivity index (χ1v) is 12.9. The van der Waals surface area contributed by atoms with Crippen molar-refractivity contribution in [2.45, 2.75) is 78.8 Å². The Kier molecular flexibility index (Phi) is 11.2. The van der Waals surface area contributed by atoms with Crippen LogP contribution in [0, 0.1) is 5.41 Å². The largest absolute Gasteiger partial charge is 0.478 e. The summed E-state index contributed by atoms with van der Waals surface area (Å²) in [6.45, 7) is 14.6. The Morgan fingerprint density at radius 3 is 2.11 bits per heavy atom. The lowest BCUT2D eigenvalue weighted by Crippen LogP contribution is -2.47. The first kappa shape index (κ1) is 30.7. The summed E-state index contributed by atoms with van der Waals surface area (Å²) < 4.78 is 1.91. The first-order chi connectivity index (χ1) is 17.8. The third-order valence-corrected chi connectivity index (χ3v) is 5.78. The van der Waals surface area contributed by atoms with E-state index in [4.69, 9.17) is 10.2 Å². The molecule has 12 heteroatoms. The van der Waals surface area contributed by atoms with E-state index in [2.05, 4.69) is 51.4 Å². The Labute approximate surface area is 223 Å². The summed E-state index contributed by atoms with van der Waals surface area (Å²) in [6.07, 6.45) is 10.4. The van der Waals surface area contributed by atoms with Gasteiger partial charge in [0.15, 0.2) is 5.65 Å². The molecule has 2 aromatic rings. The van der Waals surface area contributed by atoms with Gasteiger partial charge in [-0.05, 0) is 51.6 Å². The molecule has 210 valence electrons. The maximum Gasteiger partial charge on any atom is 0.328 e. The zero-order chi connectivity index (χ0) is 28.3. The fourth-order valence-electron chi connectivity index (χ4n) is 4.71. The van der Waals surface area contributed by atoms with Crippen molar-refractivity contribution in [3.05, 3.63) is 24.7 Å². The lowest BCUT2D eigenvalue weighted by molar-refractivity contribution is -0.134. The van der Waals surface area contributed by atoms with Crippen molar-refractivity contribution in [1.82, 2.24) is 30.0 Å². The summed E-state index contributed by atoms with van der Waals surface area (Å²) in [5, 5.41) is 26.8. The van der Waals surface area contributed by atoms with E-state index in [0.717, 1.165) is 43.6 Å². The maximum atomic E-state index is 12.6. The van der Waals surface area contributed by atoms with Crippen LogP contribution in [0.1, 0.15) is 66.7 Å². The highest BCUT2D eigenvalue weighted by Gasteiger charge is 2.27. The molecule has 0 saturated carbocycles. The molecule has 38 heavy (non-hydrogen) atoms. The van der Waals surface area contributed by atoms with Gasteiger partial charge in [-0.25, -0.2) is 29.0 Å². The van der Waals surface area contributed by atoms with Gasteiger partial charge >= 0.3 is 18.0 Å². The minimum atomic E-state index is -1.26. The number of likely N-dealkylation sites (tertiary alicyclic amines) is 1. The molecule has 3 heterocycles. The molecule has 0 bridgehead atoms. The number of hydrogen-bond donors (Lipinski definition) is 4. The van der Waals surface area contributed by atoms with Crippen molar-refractivity contribution in [1.29, 1.82) is 0 Å². The zero-order valence-electron chi connectivity index (χ0n) is 23.0. The van der Waals surface area contributed by atoms with Crippen LogP contribution in [0.5, 0.6) is 0 Å². The van der Waals surface area contributed by atoms with Crippen LogP contribution in [-0.4, -0.2) is 78.0 Å². The van der Waals surface area contributed by atoms with Crippen LogP contribution in [0.2, 0.25) is 0 Å². The molecular formula is C26H41N7O5. The minimum absolute atomic E-state index is 0.119. The number of hydrogen-bond acceptors (Lipinski definition) is 7. The standard InChI is InChI=1S/C22H37N7O.C4H4O4/c1-21(2,3)15-22(4,5)27-20(30)26-18-17-14-25-29(19(17)24-16-23-18)13-12-28-10-8-6-7-9-11-28;5-3(6)1-2-4(7)8/h14,16H,6-13,15H2,1-5H3,(H2,23,24,26,27,30);1-2H,(H,5,6)(H,7,8). The van der Waals surface area contributed by atoms with Gasteiger partial charge in [0, 0.05) is 24.2 Å². The monoisotopic (exact) mass is 531 g/mol. The number of aromatic nitrogens is 4. The van der Waals surface area contributed by atoms with Crippen LogP contribution in [0.15, 0.2) is 24.7 Å². The number of urea groups is 1. The number of amides is 2. The van der Waals surface area contributed by atoms with Crippen LogP contribution in [-0.2, 0) is 16.1 Å². The van der Waals surface area contributed by atoms with Crippen LogP contribution in [0.4, 0.5) is 10.6 Å². The third-order valence-electron chi connectivity index (χ3n) is 5.78. The summed E-state index contributed by atoms with van der Waals surface area (Å²) in [5.74, 6) is -2.02. The predicted octanol–water partition coefficient (Wildman–Crippen LogP) is 3.75. The van der Waals surface area contributed by atoms with Crippen LogP contribution < -0.4 is 10.6 Å². The van der Waals surface area contributed by atoms with Crippen molar-refractivity contribution in [3.8, 4) is 0 Å². The lowest BCUT2D eigenvalue weighted by Gasteiger charge is -2.33. The zero-order valence-corrected chi connectivity index (χ0v) is 23.0. The highest BCUT2D eigenvalue weighted by Crippen LogP contribution is 2.27. The minimum Gasteiger partial charge on any atom is -0.478 e. The van der Waals surface area contributed by atoms with E-state index < -0.39 is 11.9 Å². The molecule has 0 spiro atoms. The number of carboxylic acid groups (broad SMARTS) is 2. The Bertz CT molecular complexity index is 1100. The highest BCUT2D eigenvalue weighted by atomic mass is 16.4.